The van der Waals surface area contributed by atoms with Gasteiger partial charge in [0.1, 0.15) is 11.6 Å². The van der Waals surface area contributed by atoms with Crippen LogP contribution in [0.4, 0.5) is 4.39 Å². The van der Waals surface area contributed by atoms with Crippen molar-refractivity contribution in [3.63, 3.8) is 0 Å². The molecule has 1 unspecified atom stereocenters. The molecule has 0 aliphatic carbocycles. The maximum Gasteiger partial charge on any atom is 0.124 e. The molecule has 2 aromatic rings. The molecular formula is C18H22FNO. The van der Waals surface area contributed by atoms with Gasteiger partial charge in [-0.25, -0.2) is 4.39 Å². The van der Waals surface area contributed by atoms with Gasteiger partial charge in [0.05, 0.1) is 13.2 Å². The molecule has 0 bridgehead atoms. The van der Waals surface area contributed by atoms with Gasteiger partial charge in [0, 0.05) is 5.56 Å². The molecule has 0 fully saturated rings. The smallest absolute Gasteiger partial charge is 0.124 e. The molecule has 0 heterocycles. The second-order valence-electron chi connectivity index (χ2n) is 5.24. The first-order valence-corrected chi connectivity index (χ1v) is 7.20. The largest absolute Gasteiger partial charge is 0.496 e. The summed E-state index contributed by atoms with van der Waals surface area (Å²) < 4.78 is 19.1. The molecule has 2 nitrogen and oxygen atoms in total. The van der Waals surface area contributed by atoms with Crippen molar-refractivity contribution < 1.29 is 9.13 Å². The van der Waals surface area contributed by atoms with Gasteiger partial charge >= 0.3 is 0 Å². The van der Waals surface area contributed by atoms with E-state index in [1.165, 1.54) is 6.07 Å². The van der Waals surface area contributed by atoms with Crippen molar-refractivity contribution in [3.8, 4) is 5.75 Å². The molecule has 2 aromatic carbocycles. The fraction of sp³-hybridized carbons (Fsp3) is 0.333. The molecule has 0 aliphatic rings. The standard InChI is InChI=1S/C18H22FNO/c1-5-20-18(14-7-6-8-15(19)11-14)17-13(3)9-12(2)10-16(17)21-4/h6-11,18,20H,5H2,1-4H3. The predicted octanol–water partition coefficient (Wildman–Crippen LogP) is 4.15. The SMILES string of the molecule is CCNC(c1cccc(F)c1)c1c(C)cc(C)cc1OC. The number of aryl methyl sites for hydroxylation is 2. The lowest BCUT2D eigenvalue weighted by Crippen LogP contribution is -2.23. The Balaban J connectivity index is 2.58. The Labute approximate surface area is 126 Å². The van der Waals surface area contributed by atoms with Crippen molar-refractivity contribution in [3.05, 3.63) is 64.5 Å². The fourth-order valence-electron chi connectivity index (χ4n) is 2.76. The van der Waals surface area contributed by atoms with E-state index in [0.717, 1.165) is 34.5 Å². The summed E-state index contributed by atoms with van der Waals surface area (Å²) in [6, 6.07) is 10.8. The van der Waals surface area contributed by atoms with Crippen LogP contribution in [0.25, 0.3) is 0 Å². The molecule has 0 radical (unpaired) electrons. The van der Waals surface area contributed by atoms with Crippen LogP contribution in [0.3, 0.4) is 0 Å². The van der Waals surface area contributed by atoms with Gasteiger partial charge in [-0.15, -0.1) is 0 Å². The highest BCUT2D eigenvalue weighted by molar-refractivity contribution is 5.48. The Hall–Kier alpha value is -1.87. The van der Waals surface area contributed by atoms with Gasteiger partial charge in [-0.05, 0) is 55.3 Å². The summed E-state index contributed by atoms with van der Waals surface area (Å²) in [7, 11) is 1.67. The molecule has 3 heteroatoms. The first-order valence-electron chi connectivity index (χ1n) is 7.20. The van der Waals surface area contributed by atoms with Crippen molar-refractivity contribution in [1.82, 2.24) is 5.32 Å². The van der Waals surface area contributed by atoms with Gasteiger partial charge in [-0.2, -0.15) is 0 Å². The van der Waals surface area contributed by atoms with E-state index in [4.69, 9.17) is 4.74 Å². The zero-order valence-corrected chi connectivity index (χ0v) is 13.0. The molecule has 0 spiro atoms. The molecule has 0 amide bonds. The summed E-state index contributed by atoms with van der Waals surface area (Å²) in [6.45, 7) is 6.94. The van der Waals surface area contributed by atoms with Crippen molar-refractivity contribution >= 4 is 0 Å². The van der Waals surface area contributed by atoms with E-state index < -0.39 is 0 Å². The highest BCUT2D eigenvalue weighted by Crippen LogP contribution is 2.34. The highest BCUT2D eigenvalue weighted by atomic mass is 19.1. The monoisotopic (exact) mass is 287 g/mol. The van der Waals surface area contributed by atoms with E-state index in [0.29, 0.717) is 0 Å². The molecule has 0 aliphatic heterocycles. The minimum absolute atomic E-state index is 0.0822. The molecule has 0 saturated heterocycles. The van der Waals surface area contributed by atoms with E-state index in [1.807, 2.05) is 26.0 Å². The topological polar surface area (TPSA) is 21.3 Å². The quantitative estimate of drug-likeness (QED) is 0.892. The average molecular weight is 287 g/mol. The first-order chi connectivity index (χ1) is 10.1. The van der Waals surface area contributed by atoms with Crippen LogP contribution < -0.4 is 10.1 Å². The van der Waals surface area contributed by atoms with Crippen LogP contribution in [0.15, 0.2) is 36.4 Å². The highest BCUT2D eigenvalue weighted by Gasteiger charge is 2.20. The zero-order valence-electron chi connectivity index (χ0n) is 13.0. The van der Waals surface area contributed by atoms with Crippen LogP contribution in [-0.4, -0.2) is 13.7 Å². The summed E-state index contributed by atoms with van der Waals surface area (Å²) in [5.41, 5.74) is 4.27. The number of halogens is 1. The Morgan fingerprint density at radius 2 is 1.95 bits per heavy atom. The number of nitrogens with one attached hydrogen (secondary N) is 1. The van der Waals surface area contributed by atoms with Crippen molar-refractivity contribution in [2.24, 2.45) is 0 Å². The fourth-order valence-corrected chi connectivity index (χ4v) is 2.76. The predicted molar refractivity (Wildman–Crippen MR) is 84.4 cm³/mol. The van der Waals surface area contributed by atoms with Gasteiger partial charge in [0.2, 0.25) is 0 Å². The lowest BCUT2D eigenvalue weighted by Gasteiger charge is -2.24. The van der Waals surface area contributed by atoms with Gasteiger partial charge in [0.25, 0.3) is 0 Å². The molecule has 1 atom stereocenters. The van der Waals surface area contributed by atoms with Crippen molar-refractivity contribution in [2.45, 2.75) is 26.8 Å². The molecule has 21 heavy (non-hydrogen) atoms. The van der Waals surface area contributed by atoms with Gasteiger partial charge < -0.3 is 10.1 Å². The molecule has 1 N–H and O–H groups in total. The number of hydrogen-bond acceptors (Lipinski definition) is 2. The van der Waals surface area contributed by atoms with Crippen LogP contribution in [0.1, 0.15) is 35.2 Å². The van der Waals surface area contributed by atoms with E-state index in [2.05, 4.69) is 18.3 Å². The van der Waals surface area contributed by atoms with Gasteiger partial charge in [-0.1, -0.05) is 25.1 Å². The third-order valence-electron chi connectivity index (χ3n) is 3.59. The zero-order chi connectivity index (χ0) is 15.4. The summed E-state index contributed by atoms with van der Waals surface area (Å²) in [5, 5.41) is 3.43. The van der Waals surface area contributed by atoms with Gasteiger partial charge in [-0.3, -0.25) is 0 Å². The van der Waals surface area contributed by atoms with E-state index in [-0.39, 0.29) is 11.9 Å². The normalized spacial score (nSPS) is 12.2. The van der Waals surface area contributed by atoms with E-state index >= 15 is 0 Å². The minimum Gasteiger partial charge on any atom is -0.496 e. The second-order valence-corrected chi connectivity index (χ2v) is 5.24. The van der Waals surface area contributed by atoms with Crippen LogP contribution in [0.5, 0.6) is 5.75 Å². The average Bonchev–Trinajstić information content (AvgIpc) is 2.44. The van der Waals surface area contributed by atoms with Crippen molar-refractivity contribution in [2.75, 3.05) is 13.7 Å². The van der Waals surface area contributed by atoms with Crippen LogP contribution in [0.2, 0.25) is 0 Å². The van der Waals surface area contributed by atoms with Gasteiger partial charge in [0.15, 0.2) is 0 Å². The van der Waals surface area contributed by atoms with E-state index in [1.54, 1.807) is 19.2 Å². The number of methoxy groups -OCH3 is 1. The Morgan fingerprint density at radius 3 is 2.57 bits per heavy atom. The summed E-state index contributed by atoms with van der Waals surface area (Å²) in [5.74, 6) is 0.613. The maximum absolute atomic E-state index is 13.6. The number of ether oxygens (including phenoxy) is 1. The lowest BCUT2D eigenvalue weighted by molar-refractivity contribution is 0.403. The van der Waals surface area contributed by atoms with Crippen LogP contribution >= 0.6 is 0 Å². The number of rotatable bonds is 5. The van der Waals surface area contributed by atoms with Crippen LogP contribution in [-0.2, 0) is 0 Å². The molecular weight excluding hydrogens is 265 g/mol. The molecule has 2 rings (SSSR count). The Kier molecular flexibility index (Phi) is 4.97. The third kappa shape index (κ3) is 3.42. The maximum atomic E-state index is 13.6. The lowest BCUT2D eigenvalue weighted by atomic mass is 9.92. The van der Waals surface area contributed by atoms with Crippen LogP contribution in [0, 0.1) is 19.7 Å². The first kappa shape index (κ1) is 15.5. The Morgan fingerprint density at radius 1 is 1.19 bits per heavy atom. The molecule has 0 aromatic heterocycles. The minimum atomic E-state index is -0.223. The number of benzene rings is 2. The summed E-state index contributed by atoms with van der Waals surface area (Å²) in [6.07, 6.45) is 0. The van der Waals surface area contributed by atoms with E-state index in [9.17, 15) is 4.39 Å². The molecule has 0 saturated carbocycles. The summed E-state index contributed by atoms with van der Waals surface area (Å²) >= 11 is 0. The number of hydrogen-bond donors (Lipinski definition) is 1. The summed E-state index contributed by atoms with van der Waals surface area (Å²) in [4.78, 5) is 0. The third-order valence-corrected chi connectivity index (χ3v) is 3.59. The Bertz CT molecular complexity index is 625. The second kappa shape index (κ2) is 6.72. The van der Waals surface area contributed by atoms with Crippen molar-refractivity contribution in [1.29, 1.82) is 0 Å². The molecule has 112 valence electrons.